The first-order valence-corrected chi connectivity index (χ1v) is 8.17. The van der Waals surface area contributed by atoms with Crippen molar-refractivity contribution < 1.29 is 14.3 Å². The minimum absolute atomic E-state index is 0.340. The second kappa shape index (κ2) is 8.50. The van der Waals surface area contributed by atoms with Gasteiger partial charge < -0.3 is 10.1 Å². The summed E-state index contributed by atoms with van der Waals surface area (Å²) in [5.74, 6) is -1.20. The molecule has 0 saturated carbocycles. The Morgan fingerprint density at radius 3 is 2.46 bits per heavy atom. The Morgan fingerprint density at radius 1 is 1.12 bits per heavy atom. The Morgan fingerprint density at radius 2 is 1.83 bits per heavy atom. The predicted molar refractivity (Wildman–Crippen MR) is 95.3 cm³/mol. The molecule has 24 heavy (non-hydrogen) atoms. The molecule has 0 radical (unpaired) electrons. The van der Waals surface area contributed by atoms with Crippen molar-refractivity contribution in [2.45, 2.75) is 26.2 Å². The van der Waals surface area contributed by atoms with Gasteiger partial charge >= 0.3 is 5.97 Å². The van der Waals surface area contributed by atoms with Gasteiger partial charge in [0.25, 0.3) is 5.91 Å². The molecule has 0 fully saturated rings. The van der Waals surface area contributed by atoms with E-state index in [4.69, 9.17) is 16.3 Å². The van der Waals surface area contributed by atoms with Crippen molar-refractivity contribution in [1.29, 1.82) is 0 Å². The number of ether oxygens (including phenoxy) is 1. The zero-order valence-corrected chi connectivity index (χ0v) is 14.5. The smallest absolute Gasteiger partial charge is 0.313 e. The fourth-order valence-electron chi connectivity index (χ4n) is 2.43. The van der Waals surface area contributed by atoms with Crippen LogP contribution in [0.2, 0.25) is 5.02 Å². The summed E-state index contributed by atoms with van der Waals surface area (Å²) in [6.45, 7) is 3.41. The minimum atomic E-state index is -0.414. The fraction of sp³-hybridized carbons (Fsp3) is 0.263. The van der Waals surface area contributed by atoms with E-state index in [2.05, 4.69) is 5.32 Å². The normalized spacial score (nSPS) is 11.6. The molecular weight excluding hydrogens is 326 g/mol. The van der Waals surface area contributed by atoms with Gasteiger partial charge in [-0.05, 0) is 30.5 Å². The van der Waals surface area contributed by atoms with Crippen LogP contribution >= 0.6 is 11.6 Å². The highest BCUT2D eigenvalue weighted by molar-refractivity contribution is 6.33. The summed E-state index contributed by atoms with van der Waals surface area (Å²) < 4.78 is 5.17. The van der Waals surface area contributed by atoms with E-state index in [1.54, 1.807) is 12.1 Å². The molecule has 0 bridgehead atoms. The number of esters is 1. The molecule has 5 heteroatoms. The maximum atomic E-state index is 12.2. The molecule has 1 atom stereocenters. The van der Waals surface area contributed by atoms with E-state index in [-0.39, 0.29) is 12.5 Å². The summed E-state index contributed by atoms with van der Waals surface area (Å²) in [7, 11) is 0. The molecule has 2 aromatic carbocycles. The van der Waals surface area contributed by atoms with Crippen LogP contribution in [0.5, 0.6) is 0 Å². The van der Waals surface area contributed by atoms with Crippen LogP contribution in [-0.4, -0.2) is 18.5 Å². The maximum absolute atomic E-state index is 12.2. The van der Waals surface area contributed by atoms with Crippen LogP contribution in [0.3, 0.4) is 0 Å². The van der Waals surface area contributed by atoms with Gasteiger partial charge in [0.15, 0.2) is 6.61 Å². The van der Waals surface area contributed by atoms with Gasteiger partial charge in [-0.15, -0.1) is 0 Å². The molecule has 1 N–H and O–H groups in total. The Labute approximate surface area is 146 Å². The van der Waals surface area contributed by atoms with Crippen molar-refractivity contribution in [2.24, 2.45) is 0 Å². The number of halogens is 1. The van der Waals surface area contributed by atoms with E-state index in [1.807, 2.05) is 50.2 Å². The molecule has 0 saturated heterocycles. The lowest BCUT2D eigenvalue weighted by Gasteiger charge is -2.15. The van der Waals surface area contributed by atoms with Crippen LogP contribution in [0.1, 0.15) is 30.4 Å². The quantitative estimate of drug-likeness (QED) is 0.793. The highest BCUT2D eigenvalue weighted by atomic mass is 35.5. The predicted octanol–water partition coefficient (Wildman–Crippen LogP) is 4.32. The molecule has 0 aliphatic heterocycles. The summed E-state index contributed by atoms with van der Waals surface area (Å²) in [5, 5.41) is 3.13. The Kier molecular flexibility index (Phi) is 6.38. The topological polar surface area (TPSA) is 55.4 Å². The van der Waals surface area contributed by atoms with Gasteiger partial charge in [-0.1, -0.05) is 61.0 Å². The van der Waals surface area contributed by atoms with Gasteiger partial charge in [0, 0.05) is 0 Å². The number of para-hydroxylation sites is 1. The average Bonchev–Trinajstić information content (AvgIpc) is 2.58. The zero-order valence-electron chi connectivity index (χ0n) is 13.7. The highest BCUT2D eigenvalue weighted by Gasteiger charge is 2.21. The average molecular weight is 346 g/mol. The molecule has 4 nitrogen and oxygen atoms in total. The van der Waals surface area contributed by atoms with Crippen LogP contribution in [0.15, 0.2) is 48.5 Å². The van der Waals surface area contributed by atoms with Crippen molar-refractivity contribution in [3.63, 3.8) is 0 Å². The lowest BCUT2D eigenvalue weighted by molar-refractivity contribution is -0.149. The van der Waals surface area contributed by atoms with Crippen molar-refractivity contribution in [3.8, 4) is 0 Å². The van der Waals surface area contributed by atoms with Crippen LogP contribution in [0.25, 0.3) is 0 Å². The van der Waals surface area contributed by atoms with Gasteiger partial charge in [-0.3, -0.25) is 9.59 Å². The minimum Gasteiger partial charge on any atom is -0.455 e. The maximum Gasteiger partial charge on any atom is 0.313 e. The molecule has 0 heterocycles. The van der Waals surface area contributed by atoms with Gasteiger partial charge in [-0.2, -0.15) is 0 Å². The summed E-state index contributed by atoms with van der Waals surface area (Å²) in [6, 6.07) is 14.7. The van der Waals surface area contributed by atoms with Gasteiger partial charge in [-0.25, -0.2) is 0 Å². The molecule has 2 aromatic rings. The van der Waals surface area contributed by atoms with Gasteiger partial charge in [0.1, 0.15) is 0 Å². The standard InChI is InChI=1S/C19H20ClNO3/c1-3-15(14-9-5-4-6-10-14)19(23)24-12-17(22)21-18-13(2)8-7-11-16(18)20/h4-11,15H,3,12H2,1-2H3,(H,21,22). The second-order valence-corrected chi connectivity index (χ2v) is 5.87. The number of anilines is 1. The molecular formula is C19H20ClNO3. The molecule has 2 rings (SSSR count). The Bertz CT molecular complexity index is 696. The first-order chi connectivity index (χ1) is 11.5. The first-order valence-electron chi connectivity index (χ1n) is 7.79. The first kappa shape index (κ1) is 18.0. The summed E-state index contributed by atoms with van der Waals surface area (Å²) in [6.07, 6.45) is 0.605. The van der Waals surface area contributed by atoms with E-state index < -0.39 is 11.9 Å². The van der Waals surface area contributed by atoms with Crippen LogP contribution in [-0.2, 0) is 14.3 Å². The van der Waals surface area contributed by atoms with E-state index >= 15 is 0 Å². The molecule has 0 aliphatic rings. The number of benzene rings is 2. The van der Waals surface area contributed by atoms with Crippen molar-refractivity contribution in [2.75, 3.05) is 11.9 Å². The number of nitrogens with one attached hydrogen (secondary N) is 1. The summed E-state index contributed by atoms with van der Waals surface area (Å²) in [4.78, 5) is 24.3. The number of amides is 1. The van der Waals surface area contributed by atoms with Crippen LogP contribution < -0.4 is 5.32 Å². The number of hydrogen-bond acceptors (Lipinski definition) is 3. The van der Waals surface area contributed by atoms with E-state index in [9.17, 15) is 9.59 Å². The molecule has 0 spiro atoms. The highest BCUT2D eigenvalue weighted by Crippen LogP contribution is 2.25. The third-order valence-electron chi connectivity index (χ3n) is 3.73. The SMILES string of the molecule is CCC(C(=O)OCC(=O)Nc1c(C)cccc1Cl)c1ccccc1. The summed E-state index contributed by atoms with van der Waals surface area (Å²) >= 11 is 6.07. The lowest BCUT2D eigenvalue weighted by atomic mass is 9.97. The van der Waals surface area contributed by atoms with Crippen LogP contribution in [0, 0.1) is 6.92 Å². The third-order valence-corrected chi connectivity index (χ3v) is 4.04. The largest absolute Gasteiger partial charge is 0.455 e. The molecule has 0 aliphatic carbocycles. The van der Waals surface area contributed by atoms with Gasteiger partial charge in [0.2, 0.25) is 0 Å². The monoisotopic (exact) mass is 345 g/mol. The molecule has 1 amide bonds. The Balaban J connectivity index is 1.94. The number of rotatable bonds is 6. The number of aryl methyl sites for hydroxylation is 1. The number of hydrogen-bond donors (Lipinski definition) is 1. The number of carbonyl (C=O) groups excluding carboxylic acids is 2. The molecule has 126 valence electrons. The second-order valence-electron chi connectivity index (χ2n) is 5.46. The summed E-state index contributed by atoms with van der Waals surface area (Å²) in [5.41, 5.74) is 2.26. The van der Waals surface area contributed by atoms with Crippen molar-refractivity contribution in [3.05, 3.63) is 64.7 Å². The zero-order chi connectivity index (χ0) is 17.5. The molecule has 1 unspecified atom stereocenters. The fourth-order valence-corrected chi connectivity index (χ4v) is 2.70. The van der Waals surface area contributed by atoms with Crippen LogP contribution in [0.4, 0.5) is 5.69 Å². The van der Waals surface area contributed by atoms with Gasteiger partial charge in [0.05, 0.1) is 16.6 Å². The van der Waals surface area contributed by atoms with E-state index in [0.717, 1.165) is 11.1 Å². The van der Waals surface area contributed by atoms with Crippen molar-refractivity contribution >= 4 is 29.2 Å². The van der Waals surface area contributed by atoms with Crippen molar-refractivity contribution in [1.82, 2.24) is 0 Å². The third kappa shape index (κ3) is 4.59. The Hall–Kier alpha value is -2.33. The molecule has 0 aromatic heterocycles. The lowest BCUT2D eigenvalue weighted by Crippen LogP contribution is -2.24. The van der Waals surface area contributed by atoms with E-state index in [1.165, 1.54) is 0 Å². The van der Waals surface area contributed by atoms with E-state index in [0.29, 0.717) is 17.1 Å². The number of carbonyl (C=O) groups is 2.